The van der Waals surface area contributed by atoms with Gasteiger partial charge in [-0.1, -0.05) is 20.8 Å². The van der Waals surface area contributed by atoms with Gasteiger partial charge in [0, 0.05) is 39.9 Å². The highest BCUT2D eigenvalue weighted by atomic mass is 127. The van der Waals surface area contributed by atoms with Crippen molar-refractivity contribution in [2.24, 2.45) is 16.8 Å². The van der Waals surface area contributed by atoms with Crippen LogP contribution in [-0.4, -0.2) is 63.8 Å². The summed E-state index contributed by atoms with van der Waals surface area (Å²) in [5.74, 6) is 2.27. The zero-order chi connectivity index (χ0) is 15.5. The van der Waals surface area contributed by atoms with Crippen LogP contribution < -0.4 is 10.6 Å². The lowest BCUT2D eigenvalue weighted by Gasteiger charge is -2.16. The van der Waals surface area contributed by atoms with E-state index < -0.39 is 0 Å². The van der Waals surface area contributed by atoms with Gasteiger partial charge in [-0.3, -0.25) is 4.99 Å². The molecule has 0 radical (unpaired) electrons. The summed E-state index contributed by atoms with van der Waals surface area (Å²) in [6.07, 6.45) is 2.31. The van der Waals surface area contributed by atoms with Crippen molar-refractivity contribution in [3.05, 3.63) is 0 Å². The average molecular weight is 426 g/mol. The number of hydrogen-bond donors (Lipinski definition) is 2. The van der Waals surface area contributed by atoms with Gasteiger partial charge in [0.05, 0.1) is 0 Å². The highest BCUT2D eigenvalue weighted by molar-refractivity contribution is 14.0. The molecule has 0 aliphatic carbocycles. The van der Waals surface area contributed by atoms with Crippen LogP contribution in [-0.2, 0) is 4.74 Å². The summed E-state index contributed by atoms with van der Waals surface area (Å²) in [4.78, 5) is 6.78. The number of hydrogen-bond acceptors (Lipinski definition) is 3. The van der Waals surface area contributed by atoms with E-state index in [1.165, 1.54) is 26.1 Å². The van der Waals surface area contributed by atoms with Crippen LogP contribution in [0.25, 0.3) is 0 Å². The average Bonchev–Trinajstić information content (AvgIpc) is 2.93. The number of nitrogens with one attached hydrogen (secondary N) is 2. The van der Waals surface area contributed by atoms with Crippen LogP contribution in [0, 0.1) is 11.8 Å². The fourth-order valence-electron chi connectivity index (χ4n) is 2.53. The van der Waals surface area contributed by atoms with Gasteiger partial charge < -0.3 is 20.3 Å². The second-order valence-electron chi connectivity index (χ2n) is 6.25. The number of likely N-dealkylation sites (tertiary alicyclic amines) is 1. The van der Waals surface area contributed by atoms with Gasteiger partial charge in [-0.25, -0.2) is 0 Å². The molecule has 1 aliphatic rings. The predicted octanol–water partition coefficient (Wildman–Crippen LogP) is 2.17. The van der Waals surface area contributed by atoms with Crippen LogP contribution in [0.1, 0.15) is 33.6 Å². The van der Waals surface area contributed by atoms with Gasteiger partial charge in [0.25, 0.3) is 0 Å². The number of halogens is 1. The van der Waals surface area contributed by atoms with Crippen molar-refractivity contribution in [3.63, 3.8) is 0 Å². The summed E-state index contributed by atoms with van der Waals surface area (Å²) in [6.45, 7) is 13.8. The van der Waals surface area contributed by atoms with Crippen LogP contribution in [0.5, 0.6) is 0 Å². The second-order valence-corrected chi connectivity index (χ2v) is 6.25. The molecule has 0 amide bonds. The van der Waals surface area contributed by atoms with E-state index in [2.05, 4.69) is 41.3 Å². The van der Waals surface area contributed by atoms with Crippen molar-refractivity contribution >= 4 is 29.9 Å². The Morgan fingerprint density at radius 2 is 2.14 bits per heavy atom. The molecule has 132 valence electrons. The normalized spacial score (nSPS) is 19.3. The summed E-state index contributed by atoms with van der Waals surface area (Å²) < 4.78 is 5.57. The number of rotatable bonds is 9. The third kappa shape index (κ3) is 9.84. The Labute approximate surface area is 153 Å². The molecule has 0 spiro atoms. The van der Waals surface area contributed by atoms with Gasteiger partial charge in [0.15, 0.2) is 5.96 Å². The zero-order valence-corrected chi connectivity index (χ0v) is 17.1. The van der Waals surface area contributed by atoms with Gasteiger partial charge in [-0.05, 0) is 37.8 Å². The monoisotopic (exact) mass is 426 g/mol. The topological polar surface area (TPSA) is 48.9 Å². The minimum atomic E-state index is 0. The molecule has 1 unspecified atom stereocenters. The molecule has 1 fully saturated rings. The molecule has 1 atom stereocenters. The molecule has 0 bridgehead atoms. The van der Waals surface area contributed by atoms with Gasteiger partial charge in [-0.15, -0.1) is 24.0 Å². The molecule has 0 aromatic heterocycles. The summed E-state index contributed by atoms with van der Waals surface area (Å²) in [6, 6.07) is 0. The molecule has 1 aliphatic heterocycles. The second kappa shape index (κ2) is 13.4. The van der Waals surface area contributed by atoms with Crippen molar-refractivity contribution in [2.75, 3.05) is 53.0 Å². The Morgan fingerprint density at radius 3 is 2.73 bits per heavy atom. The fourth-order valence-corrected chi connectivity index (χ4v) is 2.53. The smallest absolute Gasteiger partial charge is 0.190 e. The first-order valence-electron chi connectivity index (χ1n) is 8.40. The van der Waals surface area contributed by atoms with Crippen LogP contribution in [0.3, 0.4) is 0 Å². The van der Waals surface area contributed by atoms with E-state index >= 15 is 0 Å². The summed E-state index contributed by atoms with van der Waals surface area (Å²) in [7, 11) is 1.83. The molecular weight excluding hydrogens is 391 g/mol. The van der Waals surface area contributed by atoms with E-state index in [0.29, 0.717) is 5.92 Å². The maximum atomic E-state index is 5.57. The van der Waals surface area contributed by atoms with E-state index in [0.717, 1.165) is 44.6 Å². The third-order valence-electron chi connectivity index (χ3n) is 3.81. The van der Waals surface area contributed by atoms with E-state index in [-0.39, 0.29) is 24.0 Å². The molecule has 1 heterocycles. The lowest BCUT2D eigenvalue weighted by atomic mass is 10.1. The van der Waals surface area contributed by atoms with Crippen molar-refractivity contribution in [2.45, 2.75) is 33.6 Å². The number of ether oxygens (including phenoxy) is 1. The first-order chi connectivity index (χ1) is 10.2. The number of guanidine groups is 1. The van der Waals surface area contributed by atoms with Crippen LogP contribution in [0.15, 0.2) is 4.99 Å². The van der Waals surface area contributed by atoms with Crippen molar-refractivity contribution in [1.82, 2.24) is 15.5 Å². The zero-order valence-electron chi connectivity index (χ0n) is 14.7. The van der Waals surface area contributed by atoms with Gasteiger partial charge in [0.2, 0.25) is 0 Å². The summed E-state index contributed by atoms with van der Waals surface area (Å²) in [5.41, 5.74) is 0. The van der Waals surface area contributed by atoms with Crippen LogP contribution >= 0.6 is 24.0 Å². The van der Waals surface area contributed by atoms with E-state index in [4.69, 9.17) is 4.74 Å². The SMILES string of the molecule is CCN1CCC(CNC(=NC)NCCCOCC(C)C)C1.I. The lowest BCUT2D eigenvalue weighted by Crippen LogP contribution is -2.40. The van der Waals surface area contributed by atoms with E-state index in [1.54, 1.807) is 0 Å². The molecule has 1 rings (SSSR count). The third-order valence-corrected chi connectivity index (χ3v) is 3.81. The molecular formula is C16H35IN4O. The van der Waals surface area contributed by atoms with Crippen LogP contribution in [0.4, 0.5) is 0 Å². The molecule has 5 nitrogen and oxygen atoms in total. The maximum Gasteiger partial charge on any atom is 0.190 e. The Kier molecular flexibility index (Phi) is 13.3. The standard InChI is InChI=1S/C16H34N4O.HI/c1-5-20-9-7-15(12-20)11-19-16(17-4)18-8-6-10-21-13-14(2)3;/h14-15H,5-13H2,1-4H3,(H2,17,18,19);1H. The van der Waals surface area contributed by atoms with E-state index in [1.807, 2.05) is 7.05 Å². The molecule has 0 aromatic carbocycles. The largest absolute Gasteiger partial charge is 0.381 e. The van der Waals surface area contributed by atoms with Gasteiger partial charge in [-0.2, -0.15) is 0 Å². The first kappa shape index (κ1) is 21.9. The Bertz CT molecular complexity index is 300. The number of nitrogens with zero attached hydrogens (tertiary/aromatic N) is 2. The van der Waals surface area contributed by atoms with Gasteiger partial charge in [0.1, 0.15) is 0 Å². The lowest BCUT2D eigenvalue weighted by molar-refractivity contribution is 0.108. The minimum Gasteiger partial charge on any atom is -0.381 e. The van der Waals surface area contributed by atoms with Gasteiger partial charge >= 0.3 is 0 Å². The molecule has 2 N–H and O–H groups in total. The quantitative estimate of drug-likeness (QED) is 0.257. The maximum absolute atomic E-state index is 5.57. The summed E-state index contributed by atoms with van der Waals surface area (Å²) in [5, 5.41) is 6.79. The Morgan fingerprint density at radius 1 is 1.36 bits per heavy atom. The predicted molar refractivity (Wildman–Crippen MR) is 105 cm³/mol. The van der Waals surface area contributed by atoms with E-state index in [9.17, 15) is 0 Å². The molecule has 1 saturated heterocycles. The van der Waals surface area contributed by atoms with Crippen molar-refractivity contribution in [1.29, 1.82) is 0 Å². The summed E-state index contributed by atoms with van der Waals surface area (Å²) >= 11 is 0. The highest BCUT2D eigenvalue weighted by Gasteiger charge is 2.20. The first-order valence-corrected chi connectivity index (χ1v) is 8.40. The van der Waals surface area contributed by atoms with Crippen molar-refractivity contribution in [3.8, 4) is 0 Å². The minimum absolute atomic E-state index is 0. The molecule has 0 saturated carbocycles. The van der Waals surface area contributed by atoms with Crippen LogP contribution in [0.2, 0.25) is 0 Å². The highest BCUT2D eigenvalue weighted by Crippen LogP contribution is 2.14. The molecule has 6 heteroatoms. The Balaban J connectivity index is 0.00000441. The van der Waals surface area contributed by atoms with Crippen molar-refractivity contribution < 1.29 is 4.74 Å². The fraction of sp³-hybridized carbons (Fsp3) is 0.938. The molecule has 22 heavy (non-hydrogen) atoms. The Hall–Kier alpha value is -0.0800. The number of aliphatic imine (C=N–C) groups is 1. The molecule has 0 aromatic rings.